The highest BCUT2D eigenvalue weighted by Crippen LogP contribution is 2.24. The van der Waals surface area contributed by atoms with Crippen molar-refractivity contribution < 1.29 is 10.2 Å². The lowest BCUT2D eigenvalue weighted by molar-refractivity contribution is 0.195. The normalized spacial score (nSPS) is 12.8. The van der Waals surface area contributed by atoms with Gasteiger partial charge in [0.2, 0.25) is 0 Å². The van der Waals surface area contributed by atoms with Gasteiger partial charge in [0.05, 0.1) is 12.7 Å². The summed E-state index contributed by atoms with van der Waals surface area (Å²) in [7, 11) is 0. The van der Waals surface area contributed by atoms with Crippen LogP contribution in [0.5, 0.6) is 0 Å². The number of aliphatic hydroxyl groups excluding tert-OH is 2. The van der Waals surface area contributed by atoms with Gasteiger partial charge >= 0.3 is 0 Å². The molecule has 1 atom stereocenters. The first-order valence-electron chi connectivity index (χ1n) is 4.12. The molecule has 0 saturated heterocycles. The Kier molecular flexibility index (Phi) is 4.21. The predicted octanol–water partition coefficient (Wildman–Crippen LogP) is 1.22. The Morgan fingerprint density at radius 1 is 1.62 bits per heavy atom. The Balaban J connectivity index is 2.78. The Bertz CT molecular complexity index is 266. The fourth-order valence-electron chi connectivity index (χ4n) is 0.984. The molecular weight excluding hydrogens is 186 g/mol. The van der Waals surface area contributed by atoms with Crippen molar-refractivity contribution in [3.05, 3.63) is 23.9 Å². The highest BCUT2D eigenvalue weighted by molar-refractivity contribution is 7.99. The first-order chi connectivity index (χ1) is 6.25. The maximum Gasteiger partial charge on any atom is 0.102 e. The molecule has 13 heavy (non-hydrogen) atoms. The smallest absolute Gasteiger partial charge is 0.102 e. The van der Waals surface area contributed by atoms with Gasteiger partial charge in [0.15, 0.2) is 0 Å². The molecule has 0 aliphatic rings. The number of rotatable bonds is 4. The Labute approximate surface area is 81.8 Å². The minimum absolute atomic E-state index is 0.125. The molecule has 72 valence electrons. The van der Waals surface area contributed by atoms with Crippen LogP contribution in [0.15, 0.2) is 23.4 Å². The summed E-state index contributed by atoms with van der Waals surface area (Å²) in [5.74, 6) is 0.608. The summed E-state index contributed by atoms with van der Waals surface area (Å²) in [6.07, 6.45) is 1.18. The summed E-state index contributed by atoms with van der Waals surface area (Å²) in [4.78, 5) is 4.13. The van der Waals surface area contributed by atoms with Crippen molar-refractivity contribution in [1.82, 2.24) is 4.98 Å². The maximum atomic E-state index is 9.39. The molecule has 4 heteroatoms. The standard InChI is InChI=1S/C9H13NO2S/c1-7(12)8-3-2-4-10-9(8)13-6-5-11/h2-4,7,11-12H,5-6H2,1H3/t7-/m0/s1. The molecule has 0 unspecified atom stereocenters. The van der Waals surface area contributed by atoms with Gasteiger partial charge in [-0.15, -0.1) is 11.8 Å². The second-order valence-electron chi connectivity index (χ2n) is 2.65. The summed E-state index contributed by atoms with van der Waals surface area (Å²) in [5.41, 5.74) is 0.820. The number of hydrogen-bond donors (Lipinski definition) is 2. The third-order valence-electron chi connectivity index (χ3n) is 1.58. The van der Waals surface area contributed by atoms with Crippen LogP contribution in [0.4, 0.5) is 0 Å². The molecule has 0 bridgehead atoms. The predicted molar refractivity (Wildman–Crippen MR) is 52.7 cm³/mol. The second-order valence-corrected chi connectivity index (χ2v) is 3.73. The van der Waals surface area contributed by atoms with Crippen molar-refractivity contribution in [1.29, 1.82) is 0 Å². The first-order valence-corrected chi connectivity index (χ1v) is 5.11. The number of aliphatic hydroxyl groups is 2. The minimum atomic E-state index is -0.505. The Morgan fingerprint density at radius 2 is 2.38 bits per heavy atom. The number of nitrogens with zero attached hydrogens (tertiary/aromatic N) is 1. The van der Waals surface area contributed by atoms with E-state index in [4.69, 9.17) is 5.11 Å². The second kappa shape index (κ2) is 5.21. The van der Waals surface area contributed by atoms with Crippen molar-refractivity contribution in [2.75, 3.05) is 12.4 Å². The Hall–Kier alpha value is -0.580. The van der Waals surface area contributed by atoms with Crippen LogP contribution >= 0.6 is 11.8 Å². The summed E-state index contributed by atoms with van der Waals surface area (Å²) >= 11 is 1.45. The lowest BCUT2D eigenvalue weighted by atomic mass is 10.2. The molecule has 1 aromatic rings. The van der Waals surface area contributed by atoms with Gasteiger partial charge in [-0.3, -0.25) is 0 Å². The van der Waals surface area contributed by atoms with Crippen LogP contribution in [0.1, 0.15) is 18.6 Å². The molecule has 0 spiro atoms. The van der Waals surface area contributed by atoms with E-state index in [1.165, 1.54) is 11.8 Å². The Morgan fingerprint density at radius 3 is 3.00 bits per heavy atom. The van der Waals surface area contributed by atoms with E-state index in [1.54, 1.807) is 19.2 Å². The average molecular weight is 199 g/mol. The van der Waals surface area contributed by atoms with Gasteiger partial charge < -0.3 is 10.2 Å². The molecule has 2 N–H and O–H groups in total. The zero-order valence-electron chi connectivity index (χ0n) is 7.47. The fraction of sp³-hybridized carbons (Fsp3) is 0.444. The lowest BCUT2D eigenvalue weighted by Crippen LogP contribution is -1.97. The zero-order valence-corrected chi connectivity index (χ0v) is 8.29. The topological polar surface area (TPSA) is 53.4 Å². The van der Waals surface area contributed by atoms with E-state index in [0.29, 0.717) is 5.75 Å². The van der Waals surface area contributed by atoms with Crippen molar-refractivity contribution in [3.63, 3.8) is 0 Å². The van der Waals surface area contributed by atoms with Crippen LogP contribution in [0, 0.1) is 0 Å². The van der Waals surface area contributed by atoms with Crippen LogP contribution in [0.3, 0.4) is 0 Å². The van der Waals surface area contributed by atoms with E-state index < -0.39 is 6.10 Å². The van der Waals surface area contributed by atoms with E-state index in [1.807, 2.05) is 6.07 Å². The van der Waals surface area contributed by atoms with E-state index in [-0.39, 0.29) is 6.61 Å². The van der Waals surface area contributed by atoms with E-state index in [2.05, 4.69) is 4.98 Å². The quantitative estimate of drug-likeness (QED) is 0.716. The van der Waals surface area contributed by atoms with Gasteiger partial charge in [0.1, 0.15) is 5.03 Å². The van der Waals surface area contributed by atoms with Crippen LogP contribution in [-0.2, 0) is 0 Å². The van der Waals surface area contributed by atoms with E-state index >= 15 is 0 Å². The van der Waals surface area contributed by atoms with Gasteiger partial charge in [-0.25, -0.2) is 4.98 Å². The summed E-state index contributed by atoms with van der Waals surface area (Å²) in [6, 6.07) is 3.64. The van der Waals surface area contributed by atoms with Crippen LogP contribution in [0.25, 0.3) is 0 Å². The third-order valence-corrected chi connectivity index (χ3v) is 2.58. The molecule has 1 heterocycles. The minimum Gasteiger partial charge on any atom is -0.396 e. The maximum absolute atomic E-state index is 9.39. The van der Waals surface area contributed by atoms with Crippen LogP contribution < -0.4 is 0 Å². The molecule has 1 rings (SSSR count). The SMILES string of the molecule is C[C@H](O)c1cccnc1SCCO. The molecule has 1 aromatic heterocycles. The summed E-state index contributed by atoms with van der Waals surface area (Å²) in [6.45, 7) is 1.83. The molecule has 0 amide bonds. The van der Waals surface area contributed by atoms with Gasteiger partial charge in [-0.05, 0) is 13.0 Å². The number of pyridine rings is 1. The summed E-state index contributed by atoms with van der Waals surface area (Å²) in [5, 5.41) is 18.8. The third kappa shape index (κ3) is 2.99. The summed E-state index contributed by atoms with van der Waals surface area (Å²) < 4.78 is 0. The van der Waals surface area contributed by atoms with Crippen molar-refractivity contribution in [2.45, 2.75) is 18.1 Å². The molecule has 0 aliphatic carbocycles. The van der Waals surface area contributed by atoms with E-state index in [0.717, 1.165) is 10.6 Å². The lowest BCUT2D eigenvalue weighted by Gasteiger charge is -2.08. The van der Waals surface area contributed by atoms with E-state index in [9.17, 15) is 5.11 Å². The van der Waals surface area contributed by atoms with Gasteiger partial charge in [-0.1, -0.05) is 6.07 Å². The average Bonchev–Trinajstić information content (AvgIpc) is 2.15. The zero-order chi connectivity index (χ0) is 9.68. The molecule has 0 saturated carbocycles. The van der Waals surface area contributed by atoms with Gasteiger partial charge in [-0.2, -0.15) is 0 Å². The number of hydrogen-bond acceptors (Lipinski definition) is 4. The highest BCUT2D eigenvalue weighted by Gasteiger charge is 2.07. The highest BCUT2D eigenvalue weighted by atomic mass is 32.2. The molecule has 0 radical (unpaired) electrons. The van der Waals surface area contributed by atoms with Crippen molar-refractivity contribution in [3.8, 4) is 0 Å². The molecular formula is C9H13NO2S. The number of aromatic nitrogens is 1. The molecule has 0 aliphatic heterocycles. The number of thioether (sulfide) groups is 1. The van der Waals surface area contributed by atoms with Crippen LogP contribution in [0.2, 0.25) is 0 Å². The first kappa shape index (κ1) is 10.5. The van der Waals surface area contributed by atoms with Crippen molar-refractivity contribution in [2.24, 2.45) is 0 Å². The van der Waals surface area contributed by atoms with Gasteiger partial charge in [0.25, 0.3) is 0 Å². The molecule has 0 fully saturated rings. The van der Waals surface area contributed by atoms with Crippen LogP contribution in [-0.4, -0.2) is 27.6 Å². The largest absolute Gasteiger partial charge is 0.396 e. The van der Waals surface area contributed by atoms with Gasteiger partial charge in [0, 0.05) is 17.5 Å². The fourth-order valence-corrected chi connectivity index (χ4v) is 1.81. The molecule has 3 nitrogen and oxygen atoms in total. The molecule has 0 aromatic carbocycles. The van der Waals surface area contributed by atoms with Crippen molar-refractivity contribution >= 4 is 11.8 Å². The monoisotopic (exact) mass is 199 g/mol.